The van der Waals surface area contributed by atoms with Crippen LogP contribution in [0.3, 0.4) is 0 Å². The normalized spacial score (nSPS) is 16.4. The number of aryl methyl sites for hydroxylation is 2. The molecular weight excluding hydrogens is 198 g/mol. The molecule has 2 rings (SSSR count). The first kappa shape index (κ1) is 11.2. The molecule has 0 bridgehead atoms. The van der Waals surface area contributed by atoms with Gasteiger partial charge in [0.05, 0.1) is 0 Å². The van der Waals surface area contributed by atoms with Crippen molar-refractivity contribution in [1.29, 1.82) is 0 Å². The molecule has 1 N–H and O–H groups in total. The molecular formula is C14H19NO. The Hall–Kier alpha value is -1.31. The van der Waals surface area contributed by atoms with Crippen molar-refractivity contribution < 1.29 is 4.79 Å². The van der Waals surface area contributed by atoms with Gasteiger partial charge in [-0.1, -0.05) is 18.9 Å². The Morgan fingerprint density at radius 3 is 2.50 bits per heavy atom. The van der Waals surface area contributed by atoms with Gasteiger partial charge in [-0.2, -0.15) is 0 Å². The van der Waals surface area contributed by atoms with Crippen molar-refractivity contribution in [1.82, 2.24) is 0 Å². The first-order chi connectivity index (χ1) is 7.66. The lowest BCUT2D eigenvalue weighted by Crippen LogP contribution is -2.20. The summed E-state index contributed by atoms with van der Waals surface area (Å²) < 4.78 is 0. The Kier molecular flexibility index (Phi) is 3.28. The van der Waals surface area contributed by atoms with Crippen LogP contribution in [-0.2, 0) is 4.79 Å². The average Bonchev–Trinajstić information content (AvgIpc) is 2.77. The third-order valence-electron chi connectivity index (χ3n) is 3.50. The minimum absolute atomic E-state index is 0.195. The van der Waals surface area contributed by atoms with Gasteiger partial charge >= 0.3 is 0 Å². The number of hydrogen-bond donors (Lipinski definition) is 1. The van der Waals surface area contributed by atoms with Crippen molar-refractivity contribution in [2.24, 2.45) is 5.92 Å². The largest absolute Gasteiger partial charge is 0.326 e. The van der Waals surface area contributed by atoms with E-state index in [-0.39, 0.29) is 11.8 Å². The lowest BCUT2D eigenvalue weighted by molar-refractivity contribution is -0.119. The Morgan fingerprint density at radius 1 is 1.19 bits per heavy atom. The van der Waals surface area contributed by atoms with Crippen LogP contribution in [0.1, 0.15) is 36.8 Å². The second kappa shape index (κ2) is 4.69. The molecule has 1 aromatic rings. The number of carbonyl (C=O) groups is 1. The molecule has 0 aliphatic heterocycles. The van der Waals surface area contributed by atoms with Gasteiger partial charge in [-0.3, -0.25) is 4.79 Å². The van der Waals surface area contributed by atoms with E-state index in [1.54, 1.807) is 0 Å². The molecule has 1 saturated carbocycles. The molecule has 0 aromatic heterocycles. The molecule has 0 spiro atoms. The van der Waals surface area contributed by atoms with E-state index in [2.05, 4.69) is 25.2 Å². The van der Waals surface area contributed by atoms with E-state index < -0.39 is 0 Å². The highest BCUT2D eigenvalue weighted by molar-refractivity contribution is 5.92. The molecule has 2 heteroatoms. The van der Waals surface area contributed by atoms with Gasteiger partial charge in [-0.15, -0.1) is 0 Å². The molecule has 1 aliphatic rings. The van der Waals surface area contributed by atoms with Crippen LogP contribution in [0.5, 0.6) is 0 Å². The fourth-order valence-corrected chi connectivity index (χ4v) is 2.25. The van der Waals surface area contributed by atoms with E-state index in [1.165, 1.54) is 24.0 Å². The van der Waals surface area contributed by atoms with E-state index in [9.17, 15) is 4.79 Å². The van der Waals surface area contributed by atoms with Crippen LogP contribution in [0.4, 0.5) is 5.69 Å². The van der Waals surface area contributed by atoms with Crippen molar-refractivity contribution in [3.8, 4) is 0 Å². The number of rotatable bonds is 2. The standard InChI is InChI=1S/C14H19NO/c1-10-7-8-13(9-11(10)2)15-14(16)12-5-3-4-6-12/h7-9,12H,3-6H2,1-2H3,(H,15,16). The van der Waals surface area contributed by atoms with Crippen LogP contribution >= 0.6 is 0 Å². The number of amides is 1. The topological polar surface area (TPSA) is 29.1 Å². The van der Waals surface area contributed by atoms with Gasteiger partial charge in [0.25, 0.3) is 0 Å². The highest BCUT2D eigenvalue weighted by Crippen LogP contribution is 2.26. The van der Waals surface area contributed by atoms with Gasteiger partial charge < -0.3 is 5.32 Å². The SMILES string of the molecule is Cc1ccc(NC(=O)C2CCCC2)cc1C. The summed E-state index contributed by atoms with van der Waals surface area (Å²) in [4.78, 5) is 11.9. The number of anilines is 1. The van der Waals surface area contributed by atoms with E-state index in [0.717, 1.165) is 18.5 Å². The van der Waals surface area contributed by atoms with Crippen molar-refractivity contribution in [3.63, 3.8) is 0 Å². The third-order valence-corrected chi connectivity index (χ3v) is 3.50. The van der Waals surface area contributed by atoms with Crippen molar-refractivity contribution >= 4 is 11.6 Å². The molecule has 0 unspecified atom stereocenters. The highest BCUT2D eigenvalue weighted by atomic mass is 16.1. The number of nitrogens with one attached hydrogen (secondary N) is 1. The van der Waals surface area contributed by atoms with Crippen LogP contribution in [0.2, 0.25) is 0 Å². The maximum atomic E-state index is 11.9. The zero-order valence-corrected chi connectivity index (χ0v) is 10.0. The van der Waals surface area contributed by atoms with E-state index in [0.29, 0.717) is 0 Å². The van der Waals surface area contributed by atoms with Crippen LogP contribution in [-0.4, -0.2) is 5.91 Å². The van der Waals surface area contributed by atoms with Gasteiger partial charge in [-0.05, 0) is 49.9 Å². The lowest BCUT2D eigenvalue weighted by Gasteiger charge is -2.11. The van der Waals surface area contributed by atoms with Crippen molar-refractivity contribution in [2.75, 3.05) is 5.32 Å². The van der Waals surface area contributed by atoms with Gasteiger partial charge in [0.1, 0.15) is 0 Å². The van der Waals surface area contributed by atoms with E-state index in [1.807, 2.05) is 12.1 Å². The molecule has 1 aliphatic carbocycles. The van der Waals surface area contributed by atoms with Crippen LogP contribution in [0.25, 0.3) is 0 Å². The molecule has 16 heavy (non-hydrogen) atoms. The zero-order chi connectivity index (χ0) is 11.5. The Labute approximate surface area is 97.1 Å². The third kappa shape index (κ3) is 2.43. The minimum Gasteiger partial charge on any atom is -0.326 e. The quantitative estimate of drug-likeness (QED) is 0.808. The summed E-state index contributed by atoms with van der Waals surface area (Å²) in [6.45, 7) is 4.15. The van der Waals surface area contributed by atoms with Crippen LogP contribution in [0.15, 0.2) is 18.2 Å². The average molecular weight is 217 g/mol. The molecule has 86 valence electrons. The molecule has 2 nitrogen and oxygen atoms in total. The number of benzene rings is 1. The minimum atomic E-state index is 0.195. The highest BCUT2D eigenvalue weighted by Gasteiger charge is 2.22. The van der Waals surface area contributed by atoms with Gasteiger partial charge in [0.15, 0.2) is 0 Å². The molecule has 1 aromatic carbocycles. The smallest absolute Gasteiger partial charge is 0.227 e. The molecule has 0 heterocycles. The Balaban J connectivity index is 2.02. The molecule has 0 saturated heterocycles. The second-order valence-corrected chi connectivity index (χ2v) is 4.77. The lowest BCUT2D eigenvalue weighted by atomic mass is 10.1. The second-order valence-electron chi connectivity index (χ2n) is 4.77. The summed E-state index contributed by atoms with van der Waals surface area (Å²) in [5, 5.41) is 3.01. The molecule has 1 amide bonds. The maximum Gasteiger partial charge on any atom is 0.227 e. The summed E-state index contributed by atoms with van der Waals surface area (Å²) in [6.07, 6.45) is 4.50. The number of hydrogen-bond acceptors (Lipinski definition) is 1. The summed E-state index contributed by atoms with van der Waals surface area (Å²) >= 11 is 0. The molecule has 0 radical (unpaired) electrons. The molecule has 1 fully saturated rings. The van der Waals surface area contributed by atoms with Crippen LogP contribution in [0, 0.1) is 19.8 Å². The maximum absolute atomic E-state index is 11.9. The monoisotopic (exact) mass is 217 g/mol. The first-order valence-corrected chi connectivity index (χ1v) is 6.05. The first-order valence-electron chi connectivity index (χ1n) is 6.05. The Bertz CT molecular complexity index is 392. The fraction of sp³-hybridized carbons (Fsp3) is 0.500. The fourth-order valence-electron chi connectivity index (χ4n) is 2.25. The van der Waals surface area contributed by atoms with Crippen molar-refractivity contribution in [3.05, 3.63) is 29.3 Å². The Morgan fingerprint density at radius 2 is 1.88 bits per heavy atom. The number of carbonyl (C=O) groups excluding carboxylic acids is 1. The van der Waals surface area contributed by atoms with Crippen LogP contribution < -0.4 is 5.32 Å². The predicted octanol–water partition coefficient (Wildman–Crippen LogP) is 3.43. The summed E-state index contributed by atoms with van der Waals surface area (Å²) in [5.74, 6) is 0.433. The summed E-state index contributed by atoms with van der Waals surface area (Å²) in [5.41, 5.74) is 3.42. The van der Waals surface area contributed by atoms with E-state index >= 15 is 0 Å². The van der Waals surface area contributed by atoms with Gasteiger partial charge in [0.2, 0.25) is 5.91 Å². The summed E-state index contributed by atoms with van der Waals surface area (Å²) in [6, 6.07) is 6.08. The molecule has 0 atom stereocenters. The van der Waals surface area contributed by atoms with Gasteiger partial charge in [0, 0.05) is 11.6 Å². The predicted molar refractivity (Wildman–Crippen MR) is 66.5 cm³/mol. The van der Waals surface area contributed by atoms with Crippen molar-refractivity contribution in [2.45, 2.75) is 39.5 Å². The van der Waals surface area contributed by atoms with E-state index in [4.69, 9.17) is 0 Å². The summed E-state index contributed by atoms with van der Waals surface area (Å²) in [7, 11) is 0. The van der Waals surface area contributed by atoms with Gasteiger partial charge in [-0.25, -0.2) is 0 Å². The zero-order valence-electron chi connectivity index (χ0n) is 10.0.